The summed E-state index contributed by atoms with van der Waals surface area (Å²) in [6.07, 6.45) is 0. The topological polar surface area (TPSA) is 0 Å². The summed E-state index contributed by atoms with van der Waals surface area (Å²) in [6.45, 7) is 6.72. The van der Waals surface area contributed by atoms with Gasteiger partial charge in [-0.3, -0.25) is 0 Å². The summed E-state index contributed by atoms with van der Waals surface area (Å²) in [6, 6.07) is 18.3. The van der Waals surface area contributed by atoms with Gasteiger partial charge in [-0.1, -0.05) is 62.4 Å². The minimum Gasteiger partial charge on any atom is -0.0587 e. The second-order valence-electron chi connectivity index (χ2n) is 6.16. The smallest absolute Gasteiger partial charge is 0.00241 e. The number of hydrogen-bond donors (Lipinski definition) is 0. The van der Waals surface area contributed by atoms with Crippen LogP contribution in [0.25, 0.3) is 32.3 Å². The highest BCUT2D eigenvalue weighted by Crippen LogP contribution is 2.37. The fourth-order valence-corrected chi connectivity index (χ4v) is 3.32. The molecule has 0 amide bonds. The van der Waals surface area contributed by atoms with Crippen LogP contribution in [0.2, 0.25) is 0 Å². The first-order chi connectivity index (χ1) is 9.65. The number of benzene rings is 4. The molecule has 4 aromatic rings. The van der Waals surface area contributed by atoms with Gasteiger partial charge in [-0.2, -0.15) is 0 Å². The molecule has 4 aromatic carbocycles. The van der Waals surface area contributed by atoms with Crippen LogP contribution in [-0.2, 0) is 0 Å². The zero-order valence-electron chi connectivity index (χ0n) is 12.2. The molecule has 0 heterocycles. The monoisotopic (exact) mass is 258 g/mol. The molecule has 0 aliphatic rings. The molecule has 0 aliphatic heterocycles. The van der Waals surface area contributed by atoms with Crippen LogP contribution in [0, 0.1) is 6.92 Å². The molecule has 0 bridgehead atoms. The summed E-state index contributed by atoms with van der Waals surface area (Å²) in [7, 11) is 0. The first kappa shape index (κ1) is 11.7. The zero-order valence-corrected chi connectivity index (χ0v) is 12.2. The van der Waals surface area contributed by atoms with Crippen molar-refractivity contribution in [3.63, 3.8) is 0 Å². The highest BCUT2D eigenvalue weighted by atomic mass is 14.1. The Morgan fingerprint density at radius 2 is 1.30 bits per heavy atom. The van der Waals surface area contributed by atoms with Crippen molar-refractivity contribution in [1.82, 2.24) is 0 Å². The van der Waals surface area contributed by atoms with Crippen molar-refractivity contribution >= 4 is 32.3 Å². The molecule has 98 valence electrons. The molecule has 0 heteroatoms. The Balaban J connectivity index is 2.29. The molecule has 0 aromatic heterocycles. The molecule has 0 N–H and O–H groups in total. The summed E-state index contributed by atoms with van der Waals surface area (Å²) in [5, 5.41) is 8.33. The van der Waals surface area contributed by atoms with Gasteiger partial charge in [0, 0.05) is 0 Å². The maximum atomic E-state index is 2.36. The second kappa shape index (κ2) is 3.96. The van der Waals surface area contributed by atoms with Crippen LogP contribution >= 0.6 is 0 Å². The maximum absolute atomic E-state index is 2.36. The molecule has 0 fully saturated rings. The molecule has 0 saturated heterocycles. The molecule has 0 nitrogen and oxygen atoms in total. The van der Waals surface area contributed by atoms with E-state index < -0.39 is 0 Å². The molecule has 0 unspecified atom stereocenters. The number of hydrogen-bond acceptors (Lipinski definition) is 0. The average Bonchev–Trinajstić information content (AvgIpc) is 2.46. The van der Waals surface area contributed by atoms with Gasteiger partial charge in [0.1, 0.15) is 0 Å². The van der Waals surface area contributed by atoms with Gasteiger partial charge < -0.3 is 0 Å². The Morgan fingerprint density at radius 3 is 2.00 bits per heavy atom. The van der Waals surface area contributed by atoms with Crippen molar-refractivity contribution in [2.24, 2.45) is 0 Å². The van der Waals surface area contributed by atoms with E-state index in [0.29, 0.717) is 5.92 Å². The first-order valence-electron chi connectivity index (χ1n) is 7.33. The Bertz CT molecular complexity index is 910. The summed E-state index contributed by atoms with van der Waals surface area (Å²) in [4.78, 5) is 0. The predicted octanol–water partition coefficient (Wildman–Crippen LogP) is 6.02. The van der Waals surface area contributed by atoms with Crippen LogP contribution in [0.5, 0.6) is 0 Å². The lowest BCUT2D eigenvalue weighted by Crippen LogP contribution is -1.91. The van der Waals surface area contributed by atoms with Gasteiger partial charge in [-0.25, -0.2) is 0 Å². The lowest BCUT2D eigenvalue weighted by molar-refractivity contribution is 0.870. The molecule has 20 heavy (non-hydrogen) atoms. The summed E-state index contributed by atoms with van der Waals surface area (Å²) < 4.78 is 0. The minimum atomic E-state index is 0.568. The largest absolute Gasteiger partial charge is 0.0587 e. The van der Waals surface area contributed by atoms with Crippen LogP contribution in [0.4, 0.5) is 0 Å². The lowest BCUT2D eigenvalue weighted by Gasteiger charge is -2.15. The van der Waals surface area contributed by atoms with Gasteiger partial charge >= 0.3 is 0 Å². The molecule has 4 rings (SSSR count). The van der Waals surface area contributed by atoms with Gasteiger partial charge in [0.25, 0.3) is 0 Å². The molecule has 0 atom stereocenters. The van der Waals surface area contributed by atoms with Crippen LogP contribution in [0.3, 0.4) is 0 Å². The van der Waals surface area contributed by atoms with Gasteiger partial charge in [0.2, 0.25) is 0 Å². The van der Waals surface area contributed by atoms with Gasteiger partial charge in [0.05, 0.1) is 0 Å². The van der Waals surface area contributed by atoms with Crippen LogP contribution in [0.15, 0.2) is 48.5 Å². The van der Waals surface area contributed by atoms with E-state index in [-0.39, 0.29) is 0 Å². The summed E-state index contributed by atoms with van der Waals surface area (Å²) in [5.41, 5.74) is 2.78. The van der Waals surface area contributed by atoms with E-state index >= 15 is 0 Å². The second-order valence-corrected chi connectivity index (χ2v) is 6.16. The standard InChI is InChI=1S/C20H18/c1-12(2)17-10-15-7-6-14-5-4-13(3)18-9-8-16(11-17)19(15)20(14)18/h4-12H,1-3H3. The third-order valence-corrected chi connectivity index (χ3v) is 4.51. The van der Waals surface area contributed by atoms with Crippen LogP contribution in [0.1, 0.15) is 30.9 Å². The van der Waals surface area contributed by atoms with E-state index in [9.17, 15) is 0 Å². The molecule has 0 aliphatic carbocycles. The normalized spacial score (nSPS) is 12.2. The van der Waals surface area contributed by atoms with E-state index in [1.807, 2.05) is 0 Å². The van der Waals surface area contributed by atoms with Crippen molar-refractivity contribution < 1.29 is 0 Å². The van der Waals surface area contributed by atoms with Crippen LogP contribution < -0.4 is 0 Å². The van der Waals surface area contributed by atoms with E-state index in [1.54, 1.807) is 0 Å². The molecule has 0 saturated carbocycles. The van der Waals surface area contributed by atoms with E-state index in [2.05, 4.69) is 69.3 Å². The zero-order chi connectivity index (χ0) is 13.9. The quantitative estimate of drug-likeness (QED) is 0.366. The molecule has 0 spiro atoms. The van der Waals surface area contributed by atoms with E-state index in [4.69, 9.17) is 0 Å². The number of rotatable bonds is 1. The molecular weight excluding hydrogens is 240 g/mol. The summed E-state index contributed by atoms with van der Waals surface area (Å²) in [5.74, 6) is 0.568. The van der Waals surface area contributed by atoms with Crippen molar-refractivity contribution in [2.75, 3.05) is 0 Å². The van der Waals surface area contributed by atoms with Crippen molar-refractivity contribution in [1.29, 1.82) is 0 Å². The van der Waals surface area contributed by atoms with Gasteiger partial charge in [0.15, 0.2) is 0 Å². The fraction of sp³-hybridized carbons (Fsp3) is 0.200. The predicted molar refractivity (Wildman–Crippen MR) is 89.0 cm³/mol. The van der Waals surface area contributed by atoms with E-state index in [0.717, 1.165) is 0 Å². The highest BCUT2D eigenvalue weighted by molar-refractivity contribution is 6.23. The fourth-order valence-electron chi connectivity index (χ4n) is 3.32. The van der Waals surface area contributed by atoms with Gasteiger partial charge in [-0.05, 0) is 56.3 Å². The Labute approximate surface area is 119 Å². The van der Waals surface area contributed by atoms with Crippen molar-refractivity contribution in [2.45, 2.75) is 26.7 Å². The Morgan fingerprint density at radius 1 is 0.700 bits per heavy atom. The molecule has 0 radical (unpaired) electrons. The van der Waals surface area contributed by atoms with Gasteiger partial charge in [-0.15, -0.1) is 0 Å². The maximum Gasteiger partial charge on any atom is -0.00241 e. The van der Waals surface area contributed by atoms with E-state index in [1.165, 1.54) is 43.4 Å². The van der Waals surface area contributed by atoms with Crippen LogP contribution in [-0.4, -0.2) is 0 Å². The SMILES string of the molecule is Cc1ccc2ccc3cc(C(C)C)cc4ccc1c2c34. The lowest BCUT2D eigenvalue weighted by atomic mass is 9.89. The Kier molecular flexibility index (Phi) is 2.32. The number of aryl methyl sites for hydroxylation is 1. The Hall–Kier alpha value is -2.08. The highest BCUT2D eigenvalue weighted by Gasteiger charge is 2.11. The minimum absolute atomic E-state index is 0.568. The van der Waals surface area contributed by atoms with Crippen molar-refractivity contribution in [3.05, 3.63) is 59.7 Å². The summed E-state index contributed by atoms with van der Waals surface area (Å²) >= 11 is 0. The first-order valence-corrected chi connectivity index (χ1v) is 7.33. The average molecular weight is 258 g/mol. The third kappa shape index (κ3) is 1.48. The van der Waals surface area contributed by atoms with Crippen molar-refractivity contribution in [3.8, 4) is 0 Å². The molecular formula is C20H18. The third-order valence-electron chi connectivity index (χ3n) is 4.51.